The van der Waals surface area contributed by atoms with Gasteiger partial charge < -0.3 is 35.4 Å². The lowest BCUT2D eigenvalue weighted by Crippen LogP contribution is -2.62. The van der Waals surface area contributed by atoms with Gasteiger partial charge in [0.1, 0.15) is 17.9 Å². The summed E-state index contributed by atoms with van der Waals surface area (Å²) in [5, 5.41) is 29.6. The molecule has 1 saturated heterocycles. The molecule has 4 fully saturated rings. The van der Waals surface area contributed by atoms with Crippen LogP contribution < -0.4 is 20.3 Å². The Kier molecular flexibility index (Phi) is 12.9. The highest BCUT2D eigenvalue weighted by Crippen LogP contribution is 2.61. The largest absolute Gasteiger partial charge is 0.496 e. The summed E-state index contributed by atoms with van der Waals surface area (Å²) in [6.45, 7) is 15.4. The summed E-state index contributed by atoms with van der Waals surface area (Å²) in [5.41, 5.74) is 3.74. The predicted octanol–water partition coefficient (Wildman–Crippen LogP) is 5.56. The smallest absolute Gasteiger partial charge is 0.252 e. The van der Waals surface area contributed by atoms with E-state index in [4.69, 9.17) is 9.57 Å². The number of carbonyl (C=O) groups excluding carboxylic acids is 2. The molecule has 0 spiro atoms. The normalized spacial score (nSPS) is 27.6. The van der Waals surface area contributed by atoms with Gasteiger partial charge in [-0.3, -0.25) is 14.4 Å². The number of likely N-dealkylation sites (N-methyl/N-ethyl adjacent to an activating group) is 1. The van der Waals surface area contributed by atoms with Crippen molar-refractivity contribution in [2.24, 2.45) is 34.5 Å². The fraction of sp³-hybridized carbons (Fsp3) is 0.667. The highest BCUT2D eigenvalue weighted by molar-refractivity contribution is 9.10. The molecule has 0 aromatic heterocycles. The van der Waals surface area contributed by atoms with E-state index in [1.807, 2.05) is 63.4 Å². The molecular weight excluding hydrogens is 750 g/mol. The highest BCUT2D eigenvalue weighted by atomic mass is 79.9. The lowest BCUT2D eigenvalue weighted by Gasteiger charge is -2.62. The average Bonchev–Trinajstić information content (AvgIpc) is 3.46. The maximum absolute atomic E-state index is 14.3. The van der Waals surface area contributed by atoms with Crippen molar-refractivity contribution in [3.8, 4) is 16.9 Å². The van der Waals surface area contributed by atoms with Gasteiger partial charge in [-0.25, -0.2) is 0 Å². The molecule has 0 radical (unpaired) electrons. The molecular formula is C42H64BrN5O6. The van der Waals surface area contributed by atoms with E-state index in [0.717, 1.165) is 28.8 Å². The van der Waals surface area contributed by atoms with E-state index in [0.29, 0.717) is 40.1 Å². The third kappa shape index (κ3) is 8.34. The number of nitrogens with zero attached hydrogens (tertiary/aromatic N) is 3. The standard InChI is InChI=1S/C42H64BrN5O6/c1-23-30-18-27(42(30,6)7)19-31(23)44-40(52)37-35(24(2)50)33(22-49)54-48(37)20-25-14-13-15-28(38(25)53-12)26-16-29(36(43)32(17-26)47(10)11)39(51)45-34(21-46(8)9)41(3,4)5/h13-17,23-24,27,30-31,33-35,37,49-50H,18-22H2,1-12H3,(H,44,52)(H,45,51)/t23-,24-,27+,30-,31-,33-,34?,35+,37-/m0/s1. The Morgan fingerprint density at radius 2 is 1.83 bits per heavy atom. The van der Waals surface area contributed by atoms with E-state index in [9.17, 15) is 19.8 Å². The molecule has 6 rings (SSSR count). The van der Waals surface area contributed by atoms with Gasteiger partial charge in [-0.15, -0.1) is 0 Å². The maximum atomic E-state index is 14.3. The summed E-state index contributed by atoms with van der Waals surface area (Å²) in [6.07, 6.45) is 0.467. The number of hydroxylamine groups is 2. The second kappa shape index (κ2) is 16.4. The molecule has 12 heteroatoms. The van der Waals surface area contributed by atoms with Gasteiger partial charge in [0.15, 0.2) is 0 Å². The first-order chi connectivity index (χ1) is 25.2. The molecule has 4 aliphatic rings. The van der Waals surface area contributed by atoms with Crippen molar-refractivity contribution in [1.82, 2.24) is 20.6 Å². The first kappa shape index (κ1) is 42.4. The SMILES string of the molecule is COc1c(CN2O[C@@H](CO)[C@@H]([C@H](C)O)[C@H]2C(=O)N[C@H]2C[C@H]3C[C@@H]([C@@H]2C)C3(C)C)cccc1-c1cc(C(=O)NC(CN(C)C)C(C)(C)C)c(Br)c(N(C)C)c1. The minimum atomic E-state index is -0.903. The zero-order valence-electron chi connectivity index (χ0n) is 34.4. The second-order valence-electron chi connectivity index (χ2n) is 18.1. The number of aliphatic hydroxyl groups is 2. The number of halogens is 1. The van der Waals surface area contributed by atoms with Gasteiger partial charge in [0, 0.05) is 49.8 Å². The Balaban J connectivity index is 1.49. The van der Waals surface area contributed by atoms with E-state index in [1.54, 1.807) is 19.1 Å². The van der Waals surface area contributed by atoms with Crippen molar-refractivity contribution in [2.75, 3.05) is 53.4 Å². The fourth-order valence-corrected chi connectivity index (χ4v) is 9.99. The zero-order chi connectivity index (χ0) is 40.0. The van der Waals surface area contributed by atoms with Gasteiger partial charge in [0.05, 0.1) is 42.1 Å². The molecule has 1 heterocycles. The molecule has 1 unspecified atom stereocenters. The van der Waals surface area contributed by atoms with Crippen molar-refractivity contribution in [2.45, 2.75) is 98.2 Å². The molecule has 3 saturated carbocycles. The second-order valence-corrected chi connectivity index (χ2v) is 18.9. The number of fused-ring (bicyclic) bond motifs is 2. The Hall–Kier alpha value is -2.74. The van der Waals surface area contributed by atoms with Crippen LogP contribution in [0, 0.1) is 34.5 Å². The molecule has 4 N–H and O–H groups in total. The number of hydrogen-bond acceptors (Lipinski definition) is 9. The quantitative estimate of drug-likeness (QED) is 0.206. The summed E-state index contributed by atoms with van der Waals surface area (Å²) in [5.74, 6) is 0.994. The molecule has 3 aliphatic carbocycles. The number of aliphatic hydroxyl groups excluding tert-OH is 2. The monoisotopic (exact) mass is 813 g/mol. The molecule has 2 bridgehead atoms. The number of ether oxygens (including phenoxy) is 1. The van der Waals surface area contributed by atoms with Crippen LogP contribution in [0.15, 0.2) is 34.8 Å². The van der Waals surface area contributed by atoms with Crippen LogP contribution in [0.25, 0.3) is 11.1 Å². The fourth-order valence-electron chi connectivity index (χ4n) is 9.22. The van der Waals surface area contributed by atoms with Gasteiger partial charge in [0.25, 0.3) is 5.91 Å². The molecule has 2 aromatic carbocycles. The van der Waals surface area contributed by atoms with Crippen molar-refractivity contribution in [1.29, 1.82) is 0 Å². The van der Waals surface area contributed by atoms with Crippen LogP contribution in [0.4, 0.5) is 5.69 Å². The van der Waals surface area contributed by atoms with Crippen LogP contribution in [0.2, 0.25) is 0 Å². The highest BCUT2D eigenvalue weighted by Gasteiger charge is 2.57. The lowest BCUT2D eigenvalue weighted by molar-refractivity contribution is -0.183. The molecule has 54 heavy (non-hydrogen) atoms. The van der Waals surface area contributed by atoms with Gasteiger partial charge in [-0.1, -0.05) is 59.7 Å². The molecule has 9 atom stereocenters. The predicted molar refractivity (Wildman–Crippen MR) is 217 cm³/mol. The minimum Gasteiger partial charge on any atom is -0.496 e. The number of methoxy groups -OCH3 is 1. The van der Waals surface area contributed by atoms with Crippen LogP contribution in [0.1, 0.15) is 77.2 Å². The van der Waals surface area contributed by atoms with E-state index in [2.05, 4.69) is 73.0 Å². The van der Waals surface area contributed by atoms with Crippen LogP contribution >= 0.6 is 15.9 Å². The topological polar surface area (TPSA) is 127 Å². The first-order valence-corrected chi connectivity index (χ1v) is 20.2. The molecule has 1 aliphatic heterocycles. The molecule has 11 nitrogen and oxygen atoms in total. The summed E-state index contributed by atoms with van der Waals surface area (Å²) < 4.78 is 6.80. The molecule has 2 aromatic rings. The molecule has 2 amide bonds. The van der Waals surface area contributed by atoms with Gasteiger partial charge in [0.2, 0.25) is 5.91 Å². The van der Waals surface area contributed by atoms with Crippen molar-refractivity contribution in [3.05, 3.63) is 45.9 Å². The summed E-state index contributed by atoms with van der Waals surface area (Å²) in [6, 6.07) is 8.81. The molecule has 300 valence electrons. The number of para-hydroxylation sites is 1. The number of hydrogen-bond donors (Lipinski definition) is 4. The van der Waals surface area contributed by atoms with Crippen LogP contribution in [0.3, 0.4) is 0 Å². The number of rotatable bonds is 13. The maximum Gasteiger partial charge on any atom is 0.252 e. The number of carbonyl (C=O) groups is 2. The average molecular weight is 815 g/mol. The Morgan fingerprint density at radius 1 is 1.15 bits per heavy atom. The van der Waals surface area contributed by atoms with E-state index in [-0.39, 0.29) is 47.9 Å². The Morgan fingerprint density at radius 3 is 2.37 bits per heavy atom. The van der Waals surface area contributed by atoms with E-state index >= 15 is 0 Å². The third-order valence-corrected chi connectivity index (χ3v) is 13.5. The number of nitrogens with one attached hydrogen (secondary N) is 2. The van der Waals surface area contributed by atoms with Crippen molar-refractivity contribution in [3.63, 3.8) is 0 Å². The third-order valence-electron chi connectivity index (χ3n) is 12.7. The van der Waals surface area contributed by atoms with Crippen LogP contribution in [-0.4, -0.2) is 111 Å². The Bertz CT molecular complexity index is 1670. The van der Waals surface area contributed by atoms with Crippen LogP contribution in [-0.2, 0) is 16.2 Å². The Labute approximate surface area is 331 Å². The van der Waals surface area contributed by atoms with Gasteiger partial charge in [-0.2, -0.15) is 5.06 Å². The van der Waals surface area contributed by atoms with Crippen LogP contribution in [0.5, 0.6) is 5.75 Å². The lowest BCUT2D eigenvalue weighted by atomic mass is 9.45. The number of amides is 2. The number of anilines is 1. The van der Waals surface area contributed by atoms with Crippen molar-refractivity contribution < 1.29 is 29.4 Å². The summed E-state index contributed by atoms with van der Waals surface area (Å²) in [7, 11) is 9.49. The van der Waals surface area contributed by atoms with E-state index in [1.165, 1.54) is 6.42 Å². The summed E-state index contributed by atoms with van der Waals surface area (Å²) in [4.78, 5) is 38.7. The van der Waals surface area contributed by atoms with Gasteiger partial charge in [-0.05, 0) is 96.1 Å². The summed E-state index contributed by atoms with van der Waals surface area (Å²) >= 11 is 3.74. The minimum absolute atomic E-state index is 0.0352. The first-order valence-electron chi connectivity index (χ1n) is 19.4. The number of benzene rings is 2. The van der Waals surface area contributed by atoms with E-state index < -0.39 is 24.2 Å². The zero-order valence-corrected chi connectivity index (χ0v) is 36.0. The van der Waals surface area contributed by atoms with Crippen molar-refractivity contribution >= 4 is 33.4 Å². The van der Waals surface area contributed by atoms with Gasteiger partial charge >= 0.3 is 0 Å².